The summed E-state index contributed by atoms with van der Waals surface area (Å²) < 4.78 is 8.11. The van der Waals surface area contributed by atoms with Gasteiger partial charge in [-0.2, -0.15) is 0 Å². The van der Waals surface area contributed by atoms with Crippen LogP contribution in [0, 0.1) is 17.0 Å². The number of non-ortho nitro benzene ring substituents is 1. The Morgan fingerprint density at radius 1 is 1.16 bits per heavy atom. The fourth-order valence-corrected chi connectivity index (χ4v) is 5.81. The number of para-hydroxylation sites is 1. The van der Waals surface area contributed by atoms with Gasteiger partial charge in [0.05, 0.1) is 20.0 Å². The molecular weight excluding hydrogens is 434 g/mol. The average Bonchev–Trinajstić information content (AvgIpc) is 3.37. The van der Waals surface area contributed by atoms with E-state index in [9.17, 15) is 14.9 Å². The Morgan fingerprint density at radius 3 is 2.71 bits per heavy atom. The van der Waals surface area contributed by atoms with Gasteiger partial charge in [0.25, 0.3) is 16.8 Å². The number of hydrogen-bond donors (Lipinski definition) is 0. The van der Waals surface area contributed by atoms with E-state index in [-0.39, 0.29) is 17.7 Å². The molecule has 0 spiro atoms. The Balaban J connectivity index is 1.24. The maximum absolute atomic E-state index is 13.0. The van der Waals surface area contributed by atoms with Gasteiger partial charge in [0.2, 0.25) is 0 Å². The number of hydrogen-bond acceptors (Lipinski definition) is 7. The summed E-state index contributed by atoms with van der Waals surface area (Å²) in [6.07, 6.45) is 1.53. The number of carbonyl (C=O) groups excluding carboxylic acids is 1. The molecule has 3 heterocycles. The summed E-state index contributed by atoms with van der Waals surface area (Å²) in [5.41, 5.74) is 2.16. The normalized spacial score (nSPS) is 14.9. The number of aromatic nitrogens is 1. The van der Waals surface area contributed by atoms with Crippen LogP contribution in [0.3, 0.4) is 0 Å². The van der Waals surface area contributed by atoms with Gasteiger partial charge in [0.15, 0.2) is 0 Å². The van der Waals surface area contributed by atoms with Crippen molar-refractivity contribution in [1.29, 1.82) is 0 Å². The van der Waals surface area contributed by atoms with Gasteiger partial charge in [-0.1, -0.05) is 23.5 Å². The topological polar surface area (TPSA) is 85.6 Å². The predicted octanol–water partition coefficient (Wildman–Crippen LogP) is 5.41. The van der Waals surface area contributed by atoms with Crippen LogP contribution >= 0.6 is 22.7 Å². The van der Waals surface area contributed by atoms with E-state index >= 15 is 0 Å². The molecule has 5 rings (SSSR count). The van der Waals surface area contributed by atoms with Gasteiger partial charge < -0.3 is 9.64 Å². The van der Waals surface area contributed by atoms with E-state index in [0.717, 1.165) is 38.7 Å². The lowest BCUT2D eigenvalue weighted by atomic mass is 10.1. The molecule has 1 saturated heterocycles. The summed E-state index contributed by atoms with van der Waals surface area (Å²) in [4.78, 5) is 30.6. The third-order valence-electron chi connectivity index (χ3n) is 5.52. The van der Waals surface area contributed by atoms with Crippen molar-refractivity contribution in [3.05, 3.63) is 63.0 Å². The molecule has 7 nitrogen and oxygen atoms in total. The van der Waals surface area contributed by atoms with Gasteiger partial charge in [-0.15, -0.1) is 11.3 Å². The zero-order chi connectivity index (χ0) is 21.5. The molecule has 158 valence electrons. The lowest BCUT2D eigenvalue weighted by Gasteiger charge is -2.31. The number of thiazole rings is 1. The molecular formula is C22H19N3O4S2. The van der Waals surface area contributed by atoms with Crippen molar-refractivity contribution >= 4 is 54.6 Å². The Kier molecular flexibility index (Phi) is 5.07. The molecule has 1 aliphatic heterocycles. The zero-order valence-corrected chi connectivity index (χ0v) is 18.4. The van der Waals surface area contributed by atoms with Crippen LogP contribution in [0.4, 0.5) is 5.69 Å². The first-order chi connectivity index (χ1) is 15.0. The van der Waals surface area contributed by atoms with Crippen LogP contribution in [0.25, 0.3) is 20.3 Å². The highest BCUT2D eigenvalue weighted by molar-refractivity contribution is 7.21. The lowest BCUT2D eigenvalue weighted by molar-refractivity contribution is -0.384. The van der Waals surface area contributed by atoms with E-state index in [1.165, 1.54) is 23.5 Å². The number of carbonyl (C=O) groups is 1. The van der Waals surface area contributed by atoms with Crippen molar-refractivity contribution in [2.24, 2.45) is 0 Å². The Labute approximate surface area is 186 Å². The van der Waals surface area contributed by atoms with Crippen molar-refractivity contribution in [1.82, 2.24) is 9.88 Å². The molecule has 0 atom stereocenters. The van der Waals surface area contributed by atoms with Crippen LogP contribution in [0.2, 0.25) is 0 Å². The second kappa shape index (κ2) is 7.90. The number of amides is 1. The number of aryl methyl sites for hydroxylation is 1. The average molecular weight is 454 g/mol. The van der Waals surface area contributed by atoms with Crippen LogP contribution in [-0.4, -0.2) is 39.9 Å². The minimum Gasteiger partial charge on any atom is -0.467 e. The fraction of sp³-hybridized carbons (Fsp3) is 0.273. The van der Waals surface area contributed by atoms with Gasteiger partial charge in [-0.25, -0.2) is 4.98 Å². The molecule has 0 N–H and O–H groups in total. The number of thiophene rings is 1. The van der Waals surface area contributed by atoms with Crippen LogP contribution in [0.15, 0.2) is 42.5 Å². The maximum atomic E-state index is 13.0. The Bertz CT molecular complexity index is 1300. The summed E-state index contributed by atoms with van der Waals surface area (Å²) in [6.45, 7) is 3.27. The molecule has 2 aromatic heterocycles. The van der Waals surface area contributed by atoms with Gasteiger partial charge >= 0.3 is 0 Å². The number of likely N-dealkylation sites (tertiary alicyclic amines) is 1. The van der Waals surface area contributed by atoms with Crippen molar-refractivity contribution in [2.45, 2.75) is 25.9 Å². The van der Waals surface area contributed by atoms with Crippen LogP contribution < -0.4 is 4.74 Å². The third-order valence-corrected chi connectivity index (χ3v) is 7.53. The van der Waals surface area contributed by atoms with Gasteiger partial charge in [0, 0.05) is 48.2 Å². The number of rotatable bonds is 4. The van der Waals surface area contributed by atoms with E-state index in [4.69, 9.17) is 4.74 Å². The van der Waals surface area contributed by atoms with E-state index in [1.807, 2.05) is 30.0 Å². The fourth-order valence-electron chi connectivity index (χ4n) is 3.84. The second-order valence-electron chi connectivity index (χ2n) is 7.60. The highest BCUT2D eigenvalue weighted by atomic mass is 32.1. The lowest BCUT2D eigenvalue weighted by Crippen LogP contribution is -2.41. The van der Waals surface area contributed by atoms with E-state index in [1.54, 1.807) is 23.5 Å². The van der Waals surface area contributed by atoms with Crippen LogP contribution in [0.5, 0.6) is 5.19 Å². The number of nitrogens with zero attached hydrogens (tertiary/aromatic N) is 3. The van der Waals surface area contributed by atoms with Crippen LogP contribution in [-0.2, 0) is 0 Å². The van der Waals surface area contributed by atoms with E-state index in [2.05, 4.69) is 4.98 Å². The SMILES string of the molecule is Cc1cccc2sc(OC3CCN(C(=O)c4cc5cc([N+](=O)[O-])ccc5s4)CC3)nc12. The summed E-state index contributed by atoms with van der Waals surface area (Å²) in [5.74, 6) is -0.0297. The van der Waals surface area contributed by atoms with Crippen molar-refractivity contribution in [3.8, 4) is 5.19 Å². The zero-order valence-electron chi connectivity index (χ0n) is 16.7. The van der Waals surface area contributed by atoms with Gasteiger partial charge in [-0.05, 0) is 30.7 Å². The van der Waals surface area contributed by atoms with Crippen molar-refractivity contribution in [3.63, 3.8) is 0 Å². The molecule has 0 aliphatic carbocycles. The number of piperidine rings is 1. The first-order valence-corrected chi connectivity index (χ1v) is 11.6. The van der Waals surface area contributed by atoms with E-state index < -0.39 is 4.92 Å². The first kappa shape index (κ1) is 19.9. The minimum atomic E-state index is -0.421. The minimum absolute atomic E-state index is 0.0297. The smallest absolute Gasteiger partial charge is 0.274 e. The molecule has 1 fully saturated rings. The highest BCUT2D eigenvalue weighted by Gasteiger charge is 2.26. The molecule has 0 saturated carbocycles. The quantitative estimate of drug-likeness (QED) is 0.305. The standard InChI is InChI=1S/C22H19N3O4S2/c1-13-3-2-4-18-20(13)23-22(31-18)29-16-7-9-24(10-8-16)21(26)19-12-14-11-15(25(27)28)5-6-17(14)30-19/h2-6,11-12,16H,7-10H2,1H3. The van der Waals surface area contributed by atoms with Crippen LogP contribution in [0.1, 0.15) is 28.1 Å². The van der Waals surface area contributed by atoms with Crippen molar-refractivity contribution < 1.29 is 14.5 Å². The molecule has 31 heavy (non-hydrogen) atoms. The maximum Gasteiger partial charge on any atom is 0.274 e. The first-order valence-electron chi connectivity index (χ1n) is 9.98. The Hall–Kier alpha value is -3.04. The number of ether oxygens (including phenoxy) is 1. The molecule has 1 aliphatic rings. The number of benzene rings is 2. The molecule has 1 amide bonds. The highest BCUT2D eigenvalue weighted by Crippen LogP contribution is 2.33. The molecule has 0 unspecified atom stereocenters. The van der Waals surface area contributed by atoms with Crippen molar-refractivity contribution in [2.75, 3.05) is 13.1 Å². The summed E-state index contributed by atoms with van der Waals surface area (Å²) in [5, 5.41) is 12.4. The second-order valence-corrected chi connectivity index (χ2v) is 9.68. The molecule has 0 bridgehead atoms. The van der Waals surface area contributed by atoms with Gasteiger partial charge in [-0.3, -0.25) is 14.9 Å². The summed E-state index contributed by atoms with van der Waals surface area (Å²) >= 11 is 2.93. The summed E-state index contributed by atoms with van der Waals surface area (Å²) in [6, 6.07) is 12.6. The monoisotopic (exact) mass is 453 g/mol. The van der Waals surface area contributed by atoms with E-state index in [0.29, 0.717) is 23.2 Å². The summed E-state index contributed by atoms with van der Waals surface area (Å²) in [7, 11) is 0. The molecule has 9 heteroatoms. The van der Waals surface area contributed by atoms with Gasteiger partial charge in [0.1, 0.15) is 6.10 Å². The molecule has 4 aromatic rings. The largest absolute Gasteiger partial charge is 0.467 e. The third kappa shape index (κ3) is 3.86. The Morgan fingerprint density at radius 2 is 1.97 bits per heavy atom. The molecule has 2 aromatic carbocycles. The number of nitro groups is 1. The molecule has 0 radical (unpaired) electrons. The number of fused-ring (bicyclic) bond motifs is 2. The number of nitro benzene ring substituents is 1. The predicted molar refractivity (Wildman–Crippen MR) is 122 cm³/mol.